The van der Waals surface area contributed by atoms with E-state index in [1.165, 1.54) is 17.7 Å². The number of halogens is 1. The maximum atomic E-state index is 13.4. The Morgan fingerprint density at radius 2 is 2.10 bits per heavy atom. The monoisotopic (exact) mass is 271 g/mol. The molecule has 2 heterocycles. The number of aromatic nitrogens is 2. The van der Waals surface area contributed by atoms with Gasteiger partial charge in [0.1, 0.15) is 5.82 Å². The van der Waals surface area contributed by atoms with E-state index in [0.29, 0.717) is 11.7 Å². The Morgan fingerprint density at radius 3 is 2.85 bits per heavy atom. The van der Waals surface area contributed by atoms with Crippen LogP contribution in [0.25, 0.3) is 11.4 Å². The molecule has 3 rings (SSSR count). The maximum absolute atomic E-state index is 13.4. The molecule has 0 saturated carbocycles. The van der Waals surface area contributed by atoms with E-state index in [-0.39, 0.29) is 5.82 Å². The minimum atomic E-state index is -0.256. The van der Waals surface area contributed by atoms with Gasteiger partial charge >= 0.3 is 0 Å². The van der Waals surface area contributed by atoms with Crippen molar-refractivity contribution in [3.8, 4) is 11.4 Å². The van der Waals surface area contributed by atoms with Gasteiger partial charge in [0.2, 0.25) is 0 Å². The van der Waals surface area contributed by atoms with Crippen molar-refractivity contribution in [2.45, 2.75) is 32.7 Å². The van der Waals surface area contributed by atoms with Gasteiger partial charge in [-0.3, -0.25) is 0 Å². The van der Waals surface area contributed by atoms with Gasteiger partial charge in [-0.05, 0) is 36.6 Å². The number of hydrogen-bond acceptors (Lipinski definition) is 3. The van der Waals surface area contributed by atoms with Gasteiger partial charge < -0.3 is 5.32 Å². The fourth-order valence-electron chi connectivity index (χ4n) is 2.62. The zero-order valence-electron chi connectivity index (χ0n) is 11.8. The highest BCUT2D eigenvalue weighted by Crippen LogP contribution is 2.26. The number of nitrogens with one attached hydrogen (secondary N) is 1. The Morgan fingerprint density at radius 1 is 1.25 bits per heavy atom. The van der Waals surface area contributed by atoms with Gasteiger partial charge in [0.15, 0.2) is 5.82 Å². The van der Waals surface area contributed by atoms with Crippen LogP contribution in [0, 0.1) is 5.82 Å². The molecule has 2 aromatic rings. The maximum Gasteiger partial charge on any atom is 0.159 e. The van der Waals surface area contributed by atoms with Gasteiger partial charge in [0, 0.05) is 12.1 Å². The summed E-state index contributed by atoms with van der Waals surface area (Å²) < 4.78 is 13.4. The van der Waals surface area contributed by atoms with Crippen molar-refractivity contribution in [2.75, 3.05) is 6.54 Å². The fourth-order valence-corrected chi connectivity index (χ4v) is 2.62. The Labute approximate surface area is 118 Å². The minimum absolute atomic E-state index is 0.256. The molecule has 1 aliphatic heterocycles. The number of rotatable bonds is 2. The van der Waals surface area contributed by atoms with Crippen molar-refractivity contribution in [1.82, 2.24) is 15.3 Å². The van der Waals surface area contributed by atoms with Crippen molar-refractivity contribution in [2.24, 2.45) is 0 Å². The van der Waals surface area contributed by atoms with Crippen LogP contribution in [0.1, 0.15) is 36.7 Å². The summed E-state index contributed by atoms with van der Waals surface area (Å²) in [6.07, 6.45) is 0.965. The van der Waals surface area contributed by atoms with Crippen molar-refractivity contribution in [1.29, 1.82) is 0 Å². The summed E-state index contributed by atoms with van der Waals surface area (Å²) in [6.45, 7) is 6.01. The van der Waals surface area contributed by atoms with Gasteiger partial charge in [-0.15, -0.1) is 0 Å². The normalized spacial score (nSPS) is 14.4. The van der Waals surface area contributed by atoms with Crippen LogP contribution >= 0.6 is 0 Å². The van der Waals surface area contributed by atoms with Gasteiger partial charge in [-0.2, -0.15) is 0 Å². The smallest absolute Gasteiger partial charge is 0.159 e. The SMILES string of the molecule is CC(C)c1nc(-c2cccc(F)c2)nc2c1CCNC2. The van der Waals surface area contributed by atoms with E-state index in [9.17, 15) is 4.39 Å². The number of benzene rings is 1. The second kappa shape index (κ2) is 5.29. The first-order chi connectivity index (χ1) is 9.65. The summed E-state index contributed by atoms with van der Waals surface area (Å²) in [5, 5.41) is 3.33. The molecule has 1 N–H and O–H groups in total. The lowest BCUT2D eigenvalue weighted by atomic mass is 9.97. The van der Waals surface area contributed by atoms with E-state index in [1.807, 2.05) is 6.07 Å². The summed E-state index contributed by atoms with van der Waals surface area (Å²) in [6, 6.07) is 6.47. The molecule has 0 amide bonds. The van der Waals surface area contributed by atoms with Crippen LogP contribution in [0.2, 0.25) is 0 Å². The van der Waals surface area contributed by atoms with Gasteiger partial charge in [-0.1, -0.05) is 26.0 Å². The molecule has 0 aliphatic carbocycles. The zero-order valence-corrected chi connectivity index (χ0v) is 11.8. The van der Waals surface area contributed by atoms with Crippen LogP contribution in [0.15, 0.2) is 24.3 Å². The van der Waals surface area contributed by atoms with Crippen molar-refractivity contribution < 1.29 is 4.39 Å². The summed E-state index contributed by atoms with van der Waals surface area (Å²) in [5.74, 6) is 0.709. The molecule has 0 unspecified atom stereocenters. The van der Waals surface area contributed by atoms with E-state index < -0.39 is 0 Å². The number of nitrogens with zero attached hydrogens (tertiary/aromatic N) is 2. The molecule has 104 valence electrons. The molecule has 4 heteroatoms. The van der Waals surface area contributed by atoms with E-state index >= 15 is 0 Å². The first-order valence-corrected chi connectivity index (χ1v) is 7.01. The third-order valence-corrected chi connectivity index (χ3v) is 3.60. The molecule has 1 aromatic heterocycles. The van der Waals surface area contributed by atoms with Crippen molar-refractivity contribution in [3.63, 3.8) is 0 Å². The molecule has 0 spiro atoms. The van der Waals surface area contributed by atoms with Crippen LogP contribution < -0.4 is 5.32 Å². The van der Waals surface area contributed by atoms with Crippen molar-refractivity contribution >= 4 is 0 Å². The third kappa shape index (κ3) is 2.43. The first kappa shape index (κ1) is 13.2. The molecule has 1 aliphatic rings. The molecular weight excluding hydrogens is 253 g/mol. The minimum Gasteiger partial charge on any atom is -0.311 e. The number of fused-ring (bicyclic) bond motifs is 1. The number of hydrogen-bond donors (Lipinski definition) is 1. The van der Waals surface area contributed by atoms with Crippen LogP contribution in [0.5, 0.6) is 0 Å². The summed E-state index contributed by atoms with van der Waals surface area (Å²) in [7, 11) is 0. The highest BCUT2D eigenvalue weighted by Gasteiger charge is 2.19. The third-order valence-electron chi connectivity index (χ3n) is 3.60. The Hall–Kier alpha value is -1.81. The largest absolute Gasteiger partial charge is 0.311 e. The molecule has 0 atom stereocenters. The molecule has 0 radical (unpaired) electrons. The predicted octanol–water partition coefficient (Wildman–Crippen LogP) is 3.05. The topological polar surface area (TPSA) is 37.8 Å². The standard InChI is InChI=1S/C16H18FN3/c1-10(2)15-13-6-7-18-9-14(13)19-16(20-15)11-4-3-5-12(17)8-11/h3-5,8,10,18H,6-7,9H2,1-2H3. The van der Waals surface area contributed by atoms with Gasteiger partial charge in [0.05, 0.1) is 11.4 Å². The van der Waals surface area contributed by atoms with E-state index in [4.69, 9.17) is 4.98 Å². The summed E-state index contributed by atoms with van der Waals surface area (Å²) in [5.41, 5.74) is 4.14. The second-order valence-electron chi connectivity index (χ2n) is 5.45. The highest BCUT2D eigenvalue weighted by molar-refractivity contribution is 5.56. The highest BCUT2D eigenvalue weighted by atomic mass is 19.1. The average Bonchev–Trinajstić information content (AvgIpc) is 2.46. The molecule has 1 aromatic carbocycles. The molecule has 20 heavy (non-hydrogen) atoms. The second-order valence-corrected chi connectivity index (χ2v) is 5.45. The molecule has 0 fully saturated rings. The lowest BCUT2D eigenvalue weighted by molar-refractivity contribution is 0.609. The molecule has 0 bridgehead atoms. The lowest BCUT2D eigenvalue weighted by Crippen LogP contribution is -2.27. The van der Waals surface area contributed by atoms with Gasteiger partial charge in [-0.25, -0.2) is 14.4 Å². The molecule has 0 saturated heterocycles. The fraction of sp³-hybridized carbons (Fsp3) is 0.375. The van der Waals surface area contributed by atoms with E-state index in [1.54, 1.807) is 6.07 Å². The van der Waals surface area contributed by atoms with E-state index in [0.717, 1.165) is 36.5 Å². The molecular formula is C16H18FN3. The Kier molecular flexibility index (Phi) is 3.49. The van der Waals surface area contributed by atoms with Crippen LogP contribution in [0.3, 0.4) is 0 Å². The Balaban J connectivity index is 2.15. The zero-order chi connectivity index (χ0) is 14.1. The predicted molar refractivity (Wildman–Crippen MR) is 76.9 cm³/mol. The quantitative estimate of drug-likeness (QED) is 0.912. The first-order valence-electron chi connectivity index (χ1n) is 7.01. The Bertz CT molecular complexity index is 638. The average molecular weight is 271 g/mol. The summed E-state index contributed by atoms with van der Waals surface area (Å²) in [4.78, 5) is 9.32. The van der Waals surface area contributed by atoms with Crippen LogP contribution in [-0.2, 0) is 13.0 Å². The lowest BCUT2D eigenvalue weighted by Gasteiger charge is -2.21. The molecule has 3 nitrogen and oxygen atoms in total. The van der Waals surface area contributed by atoms with E-state index in [2.05, 4.69) is 24.1 Å². The van der Waals surface area contributed by atoms with Crippen LogP contribution in [0.4, 0.5) is 4.39 Å². The van der Waals surface area contributed by atoms with Crippen molar-refractivity contribution in [3.05, 3.63) is 47.0 Å². The van der Waals surface area contributed by atoms with Crippen LogP contribution in [-0.4, -0.2) is 16.5 Å². The summed E-state index contributed by atoms with van der Waals surface area (Å²) >= 11 is 0. The van der Waals surface area contributed by atoms with Gasteiger partial charge in [0.25, 0.3) is 0 Å².